The van der Waals surface area contributed by atoms with Crippen LogP contribution in [0.5, 0.6) is 11.5 Å². The first-order valence-electron chi connectivity index (χ1n) is 9.86. The van der Waals surface area contributed by atoms with Gasteiger partial charge in [-0.1, -0.05) is 23.7 Å². The van der Waals surface area contributed by atoms with Crippen molar-refractivity contribution >= 4 is 46.8 Å². The number of benzene rings is 3. The van der Waals surface area contributed by atoms with Gasteiger partial charge in [0.2, 0.25) is 0 Å². The highest BCUT2D eigenvalue weighted by Gasteiger charge is 2.13. The maximum atomic E-state index is 12.4. The van der Waals surface area contributed by atoms with E-state index >= 15 is 0 Å². The normalized spacial score (nSPS) is 10.6. The van der Waals surface area contributed by atoms with E-state index in [4.69, 9.17) is 33.3 Å². The number of hydrogen-bond donors (Lipinski definition) is 2. The largest absolute Gasteiger partial charge is 0.490 e. The molecular formula is C24H22ClN3O3S. The molecule has 0 heterocycles. The fourth-order valence-electron chi connectivity index (χ4n) is 2.75. The Balaban J connectivity index is 1.64. The van der Waals surface area contributed by atoms with Crippen LogP contribution in [0.15, 0.2) is 71.8 Å². The van der Waals surface area contributed by atoms with Crippen LogP contribution in [0.3, 0.4) is 0 Å². The van der Waals surface area contributed by atoms with E-state index in [-0.39, 0.29) is 0 Å². The minimum absolute atomic E-state index is 0.313. The molecule has 6 nitrogen and oxygen atoms in total. The minimum atomic E-state index is -0.502. The quantitative estimate of drug-likeness (QED) is 0.155. The molecule has 0 spiro atoms. The van der Waals surface area contributed by atoms with Gasteiger partial charge in [-0.25, -0.2) is 4.79 Å². The Morgan fingerprint density at radius 2 is 1.88 bits per heavy atom. The maximum absolute atomic E-state index is 12.4. The predicted molar refractivity (Wildman–Crippen MR) is 132 cm³/mol. The van der Waals surface area contributed by atoms with Gasteiger partial charge in [0, 0.05) is 10.7 Å². The topological polar surface area (TPSA) is 71.9 Å². The summed E-state index contributed by atoms with van der Waals surface area (Å²) in [5, 5.41) is 8.13. The zero-order valence-electron chi connectivity index (χ0n) is 17.6. The predicted octanol–water partition coefficient (Wildman–Crippen LogP) is 5.59. The third-order valence-electron chi connectivity index (χ3n) is 4.21. The number of aryl methyl sites for hydroxylation is 1. The number of esters is 1. The molecule has 32 heavy (non-hydrogen) atoms. The first kappa shape index (κ1) is 23.2. The average Bonchev–Trinajstić information content (AvgIpc) is 2.76. The maximum Gasteiger partial charge on any atom is 0.343 e. The Morgan fingerprint density at radius 1 is 1.09 bits per heavy atom. The summed E-state index contributed by atoms with van der Waals surface area (Å²) in [6.45, 7) is 4.27. The lowest BCUT2D eigenvalue weighted by atomic mass is 10.2. The van der Waals surface area contributed by atoms with Gasteiger partial charge >= 0.3 is 5.97 Å². The Labute approximate surface area is 197 Å². The van der Waals surface area contributed by atoms with Crippen LogP contribution in [0.1, 0.15) is 28.4 Å². The number of halogens is 1. The fraction of sp³-hybridized carbons (Fsp3) is 0.125. The number of hydrazone groups is 1. The molecule has 2 N–H and O–H groups in total. The third-order valence-corrected chi connectivity index (χ3v) is 4.65. The van der Waals surface area contributed by atoms with Crippen LogP contribution in [-0.4, -0.2) is 23.9 Å². The van der Waals surface area contributed by atoms with Crippen LogP contribution in [0.2, 0.25) is 5.02 Å². The number of hydrogen-bond acceptors (Lipinski definition) is 5. The SMILES string of the molecule is CCOc1cc(/C=N\NC(=S)Nc2cccc(C)c2)ccc1OC(=O)c1ccc(Cl)cc1. The van der Waals surface area contributed by atoms with Crippen molar-refractivity contribution in [2.24, 2.45) is 5.10 Å². The number of nitrogens with zero attached hydrogens (tertiary/aromatic N) is 1. The third kappa shape index (κ3) is 6.80. The van der Waals surface area contributed by atoms with Crippen molar-refractivity contribution in [1.82, 2.24) is 5.43 Å². The number of ether oxygens (including phenoxy) is 2. The number of anilines is 1. The lowest BCUT2D eigenvalue weighted by molar-refractivity contribution is 0.0728. The molecule has 164 valence electrons. The fourth-order valence-corrected chi connectivity index (χ4v) is 3.05. The Morgan fingerprint density at radius 3 is 2.59 bits per heavy atom. The molecule has 3 aromatic carbocycles. The lowest BCUT2D eigenvalue weighted by Crippen LogP contribution is -2.23. The molecule has 3 rings (SSSR count). The minimum Gasteiger partial charge on any atom is -0.490 e. The van der Waals surface area contributed by atoms with Crippen molar-refractivity contribution in [2.75, 3.05) is 11.9 Å². The van der Waals surface area contributed by atoms with Crippen molar-refractivity contribution in [3.8, 4) is 11.5 Å². The lowest BCUT2D eigenvalue weighted by Gasteiger charge is -2.11. The van der Waals surface area contributed by atoms with E-state index in [1.165, 1.54) is 0 Å². The zero-order chi connectivity index (χ0) is 22.9. The van der Waals surface area contributed by atoms with Crippen LogP contribution in [-0.2, 0) is 0 Å². The molecule has 0 fully saturated rings. The van der Waals surface area contributed by atoms with Gasteiger partial charge in [0.15, 0.2) is 16.6 Å². The molecule has 8 heteroatoms. The molecule has 0 radical (unpaired) electrons. The Hall–Kier alpha value is -3.42. The molecule has 0 saturated heterocycles. The molecule has 0 aromatic heterocycles. The van der Waals surface area contributed by atoms with Gasteiger partial charge in [-0.2, -0.15) is 5.10 Å². The van der Waals surface area contributed by atoms with E-state index in [2.05, 4.69) is 15.8 Å². The van der Waals surface area contributed by atoms with Crippen LogP contribution in [0.25, 0.3) is 0 Å². The van der Waals surface area contributed by atoms with Gasteiger partial charge in [-0.15, -0.1) is 0 Å². The van der Waals surface area contributed by atoms with Crippen molar-refractivity contribution in [3.05, 3.63) is 88.4 Å². The smallest absolute Gasteiger partial charge is 0.343 e. The van der Waals surface area contributed by atoms with E-state index in [9.17, 15) is 4.79 Å². The standard InChI is InChI=1S/C24H22ClN3O3S/c1-3-30-22-14-17(15-26-28-24(32)27-20-6-4-5-16(2)13-20)7-12-21(22)31-23(29)18-8-10-19(25)11-9-18/h4-15H,3H2,1-2H3,(H2,27,28,32)/b26-15-. The number of carbonyl (C=O) groups is 1. The summed E-state index contributed by atoms with van der Waals surface area (Å²) in [5.74, 6) is 0.242. The number of nitrogens with one attached hydrogen (secondary N) is 2. The van der Waals surface area contributed by atoms with Gasteiger partial charge in [0.1, 0.15) is 0 Å². The van der Waals surface area contributed by atoms with E-state index < -0.39 is 5.97 Å². The summed E-state index contributed by atoms with van der Waals surface area (Å²) in [7, 11) is 0. The molecule has 0 aliphatic rings. The highest BCUT2D eigenvalue weighted by atomic mass is 35.5. The van der Waals surface area contributed by atoms with Crippen molar-refractivity contribution < 1.29 is 14.3 Å². The second-order valence-corrected chi connectivity index (χ2v) is 7.57. The van der Waals surface area contributed by atoms with Gasteiger partial charge in [0.05, 0.1) is 18.4 Å². The molecule has 0 saturated carbocycles. The summed E-state index contributed by atoms with van der Waals surface area (Å²) >= 11 is 11.1. The summed E-state index contributed by atoms with van der Waals surface area (Å²) in [4.78, 5) is 12.4. The molecule has 0 unspecified atom stereocenters. The van der Waals surface area contributed by atoms with Gasteiger partial charge in [0.25, 0.3) is 0 Å². The zero-order valence-corrected chi connectivity index (χ0v) is 19.2. The van der Waals surface area contributed by atoms with Crippen LogP contribution >= 0.6 is 23.8 Å². The summed E-state index contributed by atoms with van der Waals surface area (Å²) in [5.41, 5.74) is 5.91. The van der Waals surface area contributed by atoms with Crippen molar-refractivity contribution in [2.45, 2.75) is 13.8 Å². The molecule has 0 amide bonds. The Kier molecular flexibility index (Phi) is 8.19. The van der Waals surface area contributed by atoms with Crippen LogP contribution in [0, 0.1) is 6.92 Å². The number of rotatable bonds is 7. The molecule has 3 aromatic rings. The van der Waals surface area contributed by atoms with Gasteiger partial charge in [-0.3, -0.25) is 5.43 Å². The summed E-state index contributed by atoms with van der Waals surface area (Å²) in [6, 6.07) is 19.5. The molecular weight excluding hydrogens is 446 g/mol. The molecule has 0 bridgehead atoms. The summed E-state index contributed by atoms with van der Waals surface area (Å²) in [6.07, 6.45) is 1.59. The highest BCUT2D eigenvalue weighted by molar-refractivity contribution is 7.80. The molecule has 0 atom stereocenters. The Bertz CT molecular complexity index is 1130. The van der Waals surface area contributed by atoms with E-state index in [0.29, 0.717) is 33.8 Å². The number of carbonyl (C=O) groups excluding carboxylic acids is 1. The van der Waals surface area contributed by atoms with Crippen molar-refractivity contribution in [3.63, 3.8) is 0 Å². The molecule has 0 aliphatic heterocycles. The van der Waals surface area contributed by atoms with Gasteiger partial charge < -0.3 is 14.8 Å². The number of thiocarbonyl (C=S) groups is 1. The van der Waals surface area contributed by atoms with Crippen LogP contribution < -0.4 is 20.2 Å². The average molecular weight is 468 g/mol. The highest BCUT2D eigenvalue weighted by Crippen LogP contribution is 2.29. The van der Waals surface area contributed by atoms with Crippen molar-refractivity contribution in [1.29, 1.82) is 0 Å². The first-order valence-corrected chi connectivity index (χ1v) is 10.6. The second kappa shape index (κ2) is 11.3. The van der Waals surface area contributed by atoms with E-state index in [1.807, 2.05) is 38.1 Å². The van der Waals surface area contributed by atoms with E-state index in [1.54, 1.807) is 48.7 Å². The van der Waals surface area contributed by atoms with Crippen LogP contribution in [0.4, 0.5) is 5.69 Å². The first-order chi connectivity index (χ1) is 15.4. The monoisotopic (exact) mass is 467 g/mol. The van der Waals surface area contributed by atoms with Gasteiger partial charge in [-0.05, 0) is 91.8 Å². The molecule has 0 aliphatic carbocycles. The summed E-state index contributed by atoms with van der Waals surface area (Å²) < 4.78 is 11.1. The second-order valence-electron chi connectivity index (χ2n) is 6.73. The van der Waals surface area contributed by atoms with E-state index in [0.717, 1.165) is 16.8 Å².